The lowest BCUT2D eigenvalue weighted by atomic mass is 10.1. The van der Waals surface area contributed by atoms with E-state index in [1.54, 1.807) is 6.21 Å². The quantitative estimate of drug-likeness (QED) is 0.761. The summed E-state index contributed by atoms with van der Waals surface area (Å²) in [6.07, 6.45) is 1.66. The summed E-state index contributed by atoms with van der Waals surface area (Å²) in [5.41, 5.74) is 2.32. The molecule has 1 aliphatic rings. The molecule has 0 spiro atoms. The fourth-order valence-electron chi connectivity index (χ4n) is 2.19. The van der Waals surface area contributed by atoms with Crippen LogP contribution in [0.3, 0.4) is 0 Å². The van der Waals surface area contributed by atoms with Gasteiger partial charge < -0.3 is 0 Å². The van der Waals surface area contributed by atoms with Crippen LogP contribution in [-0.4, -0.2) is 17.8 Å². The van der Waals surface area contributed by atoms with Gasteiger partial charge in [-0.3, -0.25) is 9.79 Å². The fourth-order valence-corrected chi connectivity index (χ4v) is 2.46. The Morgan fingerprint density at radius 3 is 2.50 bits per heavy atom. The second-order valence-corrected chi connectivity index (χ2v) is 5.87. The SMILES string of the molecule is CC1=NN(c2ccccc2)C(=O)[C@@H]1C=Nc1ccc(Br)cc1. The van der Waals surface area contributed by atoms with Crippen molar-refractivity contribution in [3.05, 3.63) is 59.1 Å². The first kappa shape index (κ1) is 14.7. The van der Waals surface area contributed by atoms with Gasteiger partial charge in [-0.25, -0.2) is 0 Å². The zero-order valence-electron chi connectivity index (χ0n) is 12.0. The standard InChI is InChI=1S/C17H14BrN3O/c1-12-16(11-19-14-9-7-13(18)8-10-14)17(22)21(20-12)15-5-3-2-4-6-15/h2-11,16H,1H3/t16-/m1/s1. The van der Waals surface area contributed by atoms with Gasteiger partial charge >= 0.3 is 0 Å². The van der Waals surface area contributed by atoms with Gasteiger partial charge in [-0.2, -0.15) is 10.1 Å². The second-order valence-electron chi connectivity index (χ2n) is 4.96. The van der Waals surface area contributed by atoms with Crippen molar-refractivity contribution in [1.29, 1.82) is 0 Å². The first-order chi connectivity index (χ1) is 10.6. The highest BCUT2D eigenvalue weighted by atomic mass is 79.9. The molecule has 0 saturated heterocycles. The number of para-hydroxylation sites is 1. The van der Waals surface area contributed by atoms with Crippen molar-refractivity contribution in [3.63, 3.8) is 0 Å². The van der Waals surface area contributed by atoms with E-state index < -0.39 is 5.92 Å². The molecule has 3 rings (SSSR count). The largest absolute Gasteiger partial charge is 0.271 e. The maximum Gasteiger partial charge on any atom is 0.261 e. The number of hydrogen-bond donors (Lipinski definition) is 0. The lowest BCUT2D eigenvalue weighted by Crippen LogP contribution is -2.27. The summed E-state index contributed by atoms with van der Waals surface area (Å²) in [6.45, 7) is 1.85. The molecule has 1 atom stereocenters. The topological polar surface area (TPSA) is 45.0 Å². The van der Waals surface area contributed by atoms with E-state index in [0.717, 1.165) is 21.6 Å². The number of anilines is 1. The number of hydrogen-bond acceptors (Lipinski definition) is 3. The zero-order valence-corrected chi connectivity index (χ0v) is 13.6. The minimum Gasteiger partial charge on any atom is -0.271 e. The van der Waals surface area contributed by atoms with Crippen LogP contribution in [0.5, 0.6) is 0 Å². The minimum atomic E-state index is -0.413. The van der Waals surface area contributed by atoms with E-state index in [9.17, 15) is 4.79 Å². The molecule has 0 saturated carbocycles. The van der Waals surface area contributed by atoms with E-state index in [1.165, 1.54) is 5.01 Å². The van der Waals surface area contributed by atoms with Crippen molar-refractivity contribution in [3.8, 4) is 0 Å². The molecular weight excluding hydrogens is 342 g/mol. The smallest absolute Gasteiger partial charge is 0.261 e. The molecular formula is C17H14BrN3O. The zero-order chi connectivity index (χ0) is 15.5. The molecule has 1 amide bonds. The van der Waals surface area contributed by atoms with Crippen LogP contribution in [0.2, 0.25) is 0 Å². The van der Waals surface area contributed by atoms with Crippen molar-refractivity contribution in [2.45, 2.75) is 6.92 Å². The summed E-state index contributed by atoms with van der Waals surface area (Å²) in [5, 5.41) is 5.79. The first-order valence-electron chi connectivity index (χ1n) is 6.89. The maximum atomic E-state index is 12.5. The van der Waals surface area contributed by atoms with Gasteiger partial charge in [0.25, 0.3) is 5.91 Å². The molecule has 2 aromatic carbocycles. The van der Waals surface area contributed by atoms with Gasteiger partial charge in [0.15, 0.2) is 0 Å². The Morgan fingerprint density at radius 2 is 1.82 bits per heavy atom. The van der Waals surface area contributed by atoms with Crippen LogP contribution in [0, 0.1) is 5.92 Å². The van der Waals surface area contributed by atoms with Crippen LogP contribution < -0.4 is 5.01 Å². The molecule has 1 heterocycles. The Balaban J connectivity index is 1.80. The Bertz CT molecular complexity index is 738. The van der Waals surface area contributed by atoms with Gasteiger partial charge in [0.05, 0.1) is 17.1 Å². The van der Waals surface area contributed by atoms with Crippen LogP contribution >= 0.6 is 15.9 Å². The predicted octanol–water partition coefficient (Wildman–Crippen LogP) is 4.19. The number of benzene rings is 2. The number of rotatable bonds is 3. The molecule has 22 heavy (non-hydrogen) atoms. The first-order valence-corrected chi connectivity index (χ1v) is 7.68. The van der Waals surface area contributed by atoms with E-state index in [2.05, 4.69) is 26.0 Å². The minimum absolute atomic E-state index is 0.0791. The lowest BCUT2D eigenvalue weighted by Gasteiger charge is -2.12. The molecule has 4 nitrogen and oxygen atoms in total. The normalized spacial score (nSPS) is 18.1. The molecule has 110 valence electrons. The monoisotopic (exact) mass is 355 g/mol. The van der Waals surface area contributed by atoms with E-state index in [-0.39, 0.29) is 5.91 Å². The number of carbonyl (C=O) groups excluding carboxylic acids is 1. The number of halogens is 1. The van der Waals surface area contributed by atoms with Crippen LogP contribution in [0.1, 0.15) is 6.92 Å². The van der Waals surface area contributed by atoms with Gasteiger partial charge in [0.2, 0.25) is 0 Å². The highest BCUT2D eigenvalue weighted by Crippen LogP contribution is 2.23. The van der Waals surface area contributed by atoms with Crippen molar-refractivity contribution in [2.24, 2.45) is 16.0 Å². The molecule has 0 N–H and O–H groups in total. The summed E-state index contributed by atoms with van der Waals surface area (Å²) in [5.74, 6) is -0.492. The van der Waals surface area contributed by atoms with Crippen molar-refractivity contribution >= 4 is 45.1 Å². The number of nitrogens with zero attached hydrogens (tertiary/aromatic N) is 3. The van der Waals surface area contributed by atoms with Crippen molar-refractivity contribution in [2.75, 3.05) is 5.01 Å². The van der Waals surface area contributed by atoms with Crippen molar-refractivity contribution in [1.82, 2.24) is 0 Å². The summed E-state index contributed by atoms with van der Waals surface area (Å²) >= 11 is 3.38. The third-order valence-electron chi connectivity index (χ3n) is 3.38. The Kier molecular flexibility index (Phi) is 4.15. The molecule has 0 bridgehead atoms. The molecule has 5 heteroatoms. The highest BCUT2D eigenvalue weighted by Gasteiger charge is 2.32. The number of aliphatic imine (C=N–C) groups is 1. The molecule has 0 unspecified atom stereocenters. The van der Waals surface area contributed by atoms with E-state index in [0.29, 0.717) is 0 Å². The van der Waals surface area contributed by atoms with Gasteiger partial charge in [-0.1, -0.05) is 34.1 Å². The molecule has 0 radical (unpaired) electrons. The summed E-state index contributed by atoms with van der Waals surface area (Å²) < 4.78 is 0.997. The number of hydrazone groups is 1. The van der Waals surface area contributed by atoms with Gasteiger partial charge in [-0.05, 0) is 43.3 Å². The third kappa shape index (κ3) is 2.99. The Labute approximate surface area is 137 Å². The lowest BCUT2D eigenvalue weighted by molar-refractivity contribution is -0.118. The van der Waals surface area contributed by atoms with Crippen LogP contribution in [0.15, 0.2) is 69.2 Å². The summed E-state index contributed by atoms with van der Waals surface area (Å²) in [6, 6.07) is 17.0. The Hall–Kier alpha value is -2.27. The van der Waals surface area contributed by atoms with Crippen molar-refractivity contribution < 1.29 is 4.79 Å². The van der Waals surface area contributed by atoms with Crippen LogP contribution in [-0.2, 0) is 4.79 Å². The number of carbonyl (C=O) groups is 1. The van der Waals surface area contributed by atoms with E-state index in [1.807, 2.05) is 61.5 Å². The van der Waals surface area contributed by atoms with E-state index >= 15 is 0 Å². The predicted molar refractivity (Wildman–Crippen MR) is 92.8 cm³/mol. The van der Waals surface area contributed by atoms with E-state index in [4.69, 9.17) is 0 Å². The van der Waals surface area contributed by atoms with Gasteiger partial charge in [0, 0.05) is 10.7 Å². The average Bonchev–Trinajstić information content (AvgIpc) is 2.82. The third-order valence-corrected chi connectivity index (χ3v) is 3.91. The molecule has 2 aromatic rings. The average molecular weight is 356 g/mol. The van der Waals surface area contributed by atoms with Gasteiger partial charge in [0.1, 0.15) is 5.92 Å². The summed E-state index contributed by atoms with van der Waals surface area (Å²) in [4.78, 5) is 16.9. The fraction of sp³-hybridized carbons (Fsp3) is 0.118. The maximum absolute atomic E-state index is 12.5. The van der Waals surface area contributed by atoms with Crippen LogP contribution in [0.25, 0.3) is 0 Å². The van der Waals surface area contributed by atoms with Crippen LogP contribution in [0.4, 0.5) is 11.4 Å². The highest BCUT2D eigenvalue weighted by molar-refractivity contribution is 9.10. The van der Waals surface area contributed by atoms with Gasteiger partial charge in [-0.15, -0.1) is 0 Å². The summed E-state index contributed by atoms with van der Waals surface area (Å²) in [7, 11) is 0. The molecule has 0 fully saturated rings. The molecule has 0 aliphatic carbocycles. The number of amides is 1. The molecule has 1 aliphatic heterocycles. The Morgan fingerprint density at radius 1 is 1.14 bits per heavy atom. The molecule has 0 aromatic heterocycles. The second kappa shape index (κ2) is 6.23.